The summed E-state index contributed by atoms with van der Waals surface area (Å²) in [7, 11) is -4.35. The number of nitrogens with one attached hydrogen (secondary N) is 1. The van der Waals surface area contributed by atoms with Gasteiger partial charge in [0, 0.05) is 5.92 Å². The number of benzene rings is 2. The Morgan fingerprint density at radius 3 is 1.76 bits per heavy atom. The number of hydrogen-bond acceptors (Lipinski definition) is 7. The molecule has 2 rings (SSSR count). The highest BCUT2D eigenvalue weighted by atomic mass is 31.2. The van der Waals surface area contributed by atoms with E-state index in [1.165, 1.54) is 0 Å². The fourth-order valence-corrected chi connectivity index (χ4v) is 6.18. The van der Waals surface area contributed by atoms with Crippen molar-refractivity contribution in [2.45, 2.75) is 77.7 Å². The van der Waals surface area contributed by atoms with Crippen LogP contribution in [-0.2, 0) is 36.2 Å². The molecule has 0 heterocycles. The molecule has 1 amide bonds. The van der Waals surface area contributed by atoms with Crippen LogP contribution in [0.15, 0.2) is 60.7 Å². The fourth-order valence-electron chi connectivity index (χ4n) is 3.65. The average molecular weight is 536 g/mol. The normalized spacial score (nSPS) is 14.9. The minimum absolute atomic E-state index is 0.0388. The smallest absolute Gasteiger partial charge is 0.408 e. The van der Waals surface area contributed by atoms with Crippen molar-refractivity contribution in [2.24, 2.45) is 5.92 Å². The van der Waals surface area contributed by atoms with Crippen molar-refractivity contribution in [1.29, 1.82) is 0 Å². The van der Waals surface area contributed by atoms with Crippen LogP contribution in [0.2, 0.25) is 0 Å². The summed E-state index contributed by atoms with van der Waals surface area (Å²) in [5.41, 5.74) is -0.595. The molecule has 0 aliphatic carbocycles. The fraction of sp³-hybridized carbons (Fsp3) is 0.481. The Morgan fingerprint density at radius 1 is 0.865 bits per heavy atom. The molecule has 3 atom stereocenters. The Labute approximate surface area is 218 Å². The van der Waals surface area contributed by atoms with Gasteiger partial charge in [0.05, 0.1) is 11.2 Å². The lowest BCUT2D eigenvalue weighted by Gasteiger charge is -2.38. The van der Waals surface area contributed by atoms with Crippen molar-refractivity contribution in [1.82, 2.24) is 5.32 Å². The molecule has 0 aliphatic rings. The van der Waals surface area contributed by atoms with E-state index in [-0.39, 0.29) is 13.0 Å². The molecule has 1 unspecified atom stereocenters. The van der Waals surface area contributed by atoms with E-state index >= 15 is 0 Å². The molecule has 2 aromatic carbocycles. The van der Waals surface area contributed by atoms with Gasteiger partial charge in [-0.1, -0.05) is 60.7 Å². The standard InChI is InChI=1S/C27H38NO8P/c1-26(2,3)35-37(33,36-27(4,5)6)24(31)21(17-19-13-9-7-10-14-19)22(23(29)30)28-25(32)34-18-20-15-11-8-12-16-20/h7-16,21-22,24,31H,17-18H2,1-6H3,(H,28,32)(H,29,30)/t21-,22+,24?/m1/s1. The third-order valence-corrected chi connectivity index (χ3v) is 7.64. The molecular formula is C27H38NO8P. The molecular weight excluding hydrogens is 497 g/mol. The number of carboxylic acid groups (broad SMARTS) is 1. The van der Waals surface area contributed by atoms with E-state index in [0.29, 0.717) is 11.1 Å². The molecule has 0 saturated carbocycles. The molecule has 0 aliphatic heterocycles. The van der Waals surface area contributed by atoms with Gasteiger partial charge in [-0.2, -0.15) is 0 Å². The Kier molecular flexibility index (Phi) is 10.5. The topological polar surface area (TPSA) is 131 Å². The van der Waals surface area contributed by atoms with Crippen LogP contribution in [0.1, 0.15) is 52.7 Å². The van der Waals surface area contributed by atoms with Crippen LogP contribution in [0, 0.1) is 5.92 Å². The first-order valence-electron chi connectivity index (χ1n) is 12.0. The predicted octanol–water partition coefficient (Wildman–Crippen LogP) is 5.37. The van der Waals surface area contributed by atoms with Gasteiger partial charge in [-0.25, -0.2) is 9.59 Å². The van der Waals surface area contributed by atoms with E-state index in [4.69, 9.17) is 13.8 Å². The second kappa shape index (κ2) is 12.7. The average Bonchev–Trinajstić information content (AvgIpc) is 2.78. The van der Waals surface area contributed by atoms with Crippen LogP contribution < -0.4 is 5.32 Å². The molecule has 0 radical (unpaired) electrons. The number of carbonyl (C=O) groups is 2. The van der Waals surface area contributed by atoms with Gasteiger partial charge in [0.2, 0.25) is 0 Å². The summed E-state index contributed by atoms with van der Waals surface area (Å²) in [4.78, 5) is 25.0. The van der Waals surface area contributed by atoms with Crippen molar-refractivity contribution in [3.63, 3.8) is 0 Å². The van der Waals surface area contributed by atoms with Gasteiger partial charge in [-0.15, -0.1) is 0 Å². The van der Waals surface area contributed by atoms with E-state index < -0.39 is 48.7 Å². The summed E-state index contributed by atoms with van der Waals surface area (Å²) in [6.45, 7) is 9.83. The minimum Gasteiger partial charge on any atom is -0.480 e. The molecule has 9 nitrogen and oxygen atoms in total. The van der Waals surface area contributed by atoms with Crippen molar-refractivity contribution >= 4 is 19.7 Å². The molecule has 204 valence electrons. The van der Waals surface area contributed by atoms with Crippen molar-refractivity contribution < 1.29 is 38.2 Å². The first-order chi connectivity index (χ1) is 17.1. The number of carboxylic acids is 1. The number of aliphatic hydroxyl groups is 1. The number of amides is 1. The Bertz CT molecular complexity index is 1040. The van der Waals surface area contributed by atoms with Gasteiger partial charge >= 0.3 is 19.7 Å². The number of rotatable bonds is 11. The Morgan fingerprint density at radius 2 is 1.32 bits per heavy atom. The Balaban J connectivity index is 2.42. The van der Waals surface area contributed by atoms with Gasteiger partial charge in [0.1, 0.15) is 12.6 Å². The molecule has 0 aromatic heterocycles. The number of hydrogen-bond donors (Lipinski definition) is 3. The summed E-state index contributed by atoms with van der Waals surface area (Å²) in [5.74, 6) is -4.61. The predicted molar refractivity (Wildman–Crippen MR) is 140 cm³/mol. The molecule has 37 heavy (non-hydrogen) atoms. The van der Waals surface area contributed by atoms with E-state index in [2.05, 4.69) is 5.32 Å². The van der Waals surface area contributed by atoms with Crippen LogP contribution in [0.5, 0.6) is 0 Å². The number of aliphatic carboxylic acids is 1. The van der Waals surface area contributed by atoms with Crippen molar-refractivity contribution in [3.8, 4) is 0 Å². The maximum Gasteiger partial charge on any atom is 0.408 e. The molecule has 0 fully saturated rings. The lowest BCUT2D eigenvalue weighted by Crippen LogP contribution is -2.51. The van der Waals surface area contributed by atoms with E-state index in [9.17, 15) is 24.4 Å². The number of carbonyl (C=O) groups excluding carboxylic acids is 1. The zero-order chi connectivity index (χ0) is 27.9. The maximum absolute atomic E-state index is 14.1. The van der Waals surface area contributed by atoms with Gasteiger partial charge in [-0.3, -0.25) is 4.57 Å². The second-order valence-corrected chi connectivity index (χ2v) is 12.7. The van der Waals surface area contributed by atoms with Crippen LogP contribution in [0.3, 0.4) is 0 Å². The van der Waals surface area contributed by atoms with Crippen LogP contribution in [0.25, 0.3) is 0 Å². The van der Waals surface area contributed by atoms with Crippen molar-refractivity contribution in [3.05, 3.63) is 71.8 Å². The lowest BCUT2D eigenvalue weighted by atomic mass is 9.92. The van der Waals surface area contributed by atoms with Gasteiger partial charge in [0.25, 0.3) is 0 Å². The zero-order valence-corrected chi connectivity index (χ0v) is 23.1. The van der Waals surface area contributed by atoms with E-state index in [1.54, 1.807) is 96.1 Å². The summed E-state index contributed by atoms with van der Waals surface area (Å²) >= 11 is 0. The zero-order valence-electron chi connectivity index (χ0n) is 22.2. The summed E-state index contributed by atoms with van der Waals surface area (Å²) in [6, 6.07) is 16.0. The monoisotopic (exact) mass is 535 g/mol. The summed E-state index contributed by atoms with van der Waals surface area (Å²) in [5, 5.41) is 23.9. The maximum atomic E-state index is 14.1. The molecule has 0 saturated heterocycles. The number of aliphatic hydroxyl groups excluding tert-OH is 1. The lowest BCUT2D eigenvalue weighted by molar-refractivity contribution is -0.141. The number of ether oxygens (including phenoxy) is 1. The third-order valence-electron chi connectivity index (χ3n) is 5.00. The van der Waals surface area contributed by atoms with E-state index in [0.717, 1.165) is 0 Å². The third kappa shape index (κ3) is 10.3. The van der Waals surface area contributed by atoms with Crippen LogP contribution >= 0.6 is 7.60 Å². The van der Waals surface area contributed by atoms with Crippen LogP contribution in [0.4, 0.5) is 4.79 Å². The van der Waals surface area contributed by atoms with Gasteiger partial charge < -0.3 is 29.3 Å². The second-order valence-electron chi connectivity index (χ2n) is 10.7. The highest BCUT2D eigenvalue weighted by molar-refractivity contribution is 7.54. The quantitative estimate of drug-likeness (QED) is 0.328. The SMILES string of the molecule is CC(C)(C)OP(=O)(OC(C)(C)C)C(O)[C@H](Cc1ccccc1)[C@H](NC(=O)OCc1ccccc1)C(=O)O. The van der Waals surface area contributed by atoms with Gasteiger partial charge in [-0.05, 0) is 59.1 Å². The molecule has 3 N–H and O–H groups in total. The van der Waals surface area contributed by atoms with Crippen molar-refractivity contribution in [2.75, 3.05) is 0 Å². The Hall–Kier alpha value is -2.71. The minimum atomic E-state index is -4.35. The first-order valence-corrected chi connectivity index (χ1v) is 13.6. The first kappa shape index (κ1) is 30.5. The number of alkyl carbamates (subject to hydrolysis) is 1. The van der Waals surface area contributed by atoms with Gasteiger partial charge in [0.15, 0.2) is 5.85 Å². The molecule has 10 heteroatoms. The van der Waals surface area contributed by atoms with Crippen LogP contribution in [-0.4, -0.2) is 45.4 Å². The summed E-state index contributed by atoms with van der Waals surface area (Å²) in [6.07, 6.45) is -1.03. The molecule has 0 spiro atoms. The highest BCUT2D eigenvalue weighted by Crippen LogP contribution is 2.60. The highest BCUT2D eigenvalue weighted by Gasteiger charge is 2.49. The summed E-state index contributed by atoms with van der Waals surface area (Å²) < 4.78 is 30.8. The molecule has 2 aromatic rings. The largest absolute Gasteiger partial charge is 0.480 e. The van der Waals surface area contributed by atoms with E-state index in [1.807, 2.05) is 6.07 Å². The molecule has 0 bridgehead atoms.